The summed E-state index contributed by atoms with van der Waals surface area (Å²) >= 11 is 0. The first-order valence-corrected chi connectivity index (χ1v) is 8.24. The zero-order chi connectivity index (χ0) is 15.3. The molecule has 0 amide bonds. The molecule has 1 aliphatic rings. The Morgan fingerprint density at radius 1 is 1.33 bits per heavy atom. The summed E-state index contributed by atoms with van der Waals surface area (Å²) in [6, 6.07) is 9.45. The molecule has 0 aliphatic carbocycles. The third-order valence-electron chi connectivity index (χ3n) is 4.99. The van der Waals surface area contributed by atoms with Gasteiger partial charge in [-0.3, -0.25) is 0 Å². The zero-order valence-corrected chi connectivity index (χ0v) is 13.7. The monoisotopic (exact) mass is 290 g/mol. The number of benzene rings is 1. The molecule has 0 aromatic heterocycles. The Hall–Kier alpha value is -1.06. The molecule has 2 atom stereocenters. The Bertz CT molecular complexity index is 443. The maximum Gasteiger partial charge on any atom is 0.0610 e. The third-order valence-corrected chi connectivity index (χ3v) is 4.99. The first-order valence-electron chi connectivity index (χ1n) is 8.24. The van der Waals surface area contributed by atoms with Crippen LogP contribution >= 0.6 is 0 Å². The minimum Gasteiger partial charge on any atom is -0.394 e. The van der Waals surface area contributed by atoms with Gasteiger partial charge in [-0.05, 0) is 64.6 Å². The summed E-state index contributed by atoms with van der Waals surface area (Å²) in [5.74, 6) is 0. The van der Waals surface area contributed by atoms with Crippen LogP contribution < -0.4 is 10.2 Å². The van der Waals surface area contributed by atoms with E-state index in [0.29, 0.717) is 6.04 Å². The third kappa shape index (κ3) is 3.98. The maximum absolute atomic E-state index is 9.43. The van der Waals surface area contributed by atoms with Crippen LogP contribution in [0.5, 0.6) is 0 Å². The van der Waals surface area contributed by atoms with Crippen LogP contribution in [0.4, 0.5) is 5.69 Å². The van der Waals surface area contributed by atoms with E-state index in [1.807, 2.05) is 7.05 Å². The maximum atomic E-state index is 9.43. The Balaban J connectivity index is 1.88. The van der Waals surface area contributed by atoms with Crippen molar-refractivity contribution in [1.82, 2.24) is 5.32 Å². The normalized spacial score (nSPS) is 21.0. The van der Waals surface area contributed by atoms with Crippen LogP contribution in [-0.4, -0.2) is 36.9 Å². The van der Waals surface area contributed by atoms with Gasteiger partial charge in [0.2, 0.25) is 0 Å². The van der Waals surface area contributed by atoms with E-state index in [1.54, 1.807) is 0 Å². The molecule has 2 N–H and O–H groups in total. The fraction of sp³-hybridized carbons (Fsp3) is 0.667. The second kappa shape index (κ2) is 7.28. The summed E-state index contributed by atoms with van der Waals surface area (Å²) in [7, 11) is 1.93. The fourth-order valence-corrected chi connectivity index (χ4v) is 3.18. The summed E-state index contributed by atoms with van der Waals surface area (Å²) in [4.78, 5) is 2.56. The number of hydrogen-bond acceptors (Lipinski definition) is 3. The van der Waals surface area contributed by atoms with Crippen molar-refractivity contribution in [2.24, 2.45) is 0 Å². The number of aliphatic hydroxyl groups is 1. The van der Waals surface area contributed by atoms with Gasteiger partial charge in [0.25, 0.3) is 0 Å². The minimum atomic E-state index is -0.134. The van der Waals surface area contributed by atoms with E-state index in [9.17, 15) is 5.11 Å². The van der Waals surface area contributed by atoms with Crippen molar-refractivity contribution in [3.8, 4) is 0 Å². The molecule has 0 saturated carbocycles. The molecule has 0 spiro atoms. The van der Waals surface area contributed by atoms with E-state index in [2.05, 4.69) is 48.3 Å². The largest absolute Gasteiger partial charge is 0.394 e. The van der Waals surface area contributed by atoms with Gasteiger partial charge in [0, 0.05) is 23.8 Å². The van der Waals surface area contributed by atoms with Gasteiger partial charge in [-0.2, -0.15) is 0 Å². The van der Waals surface area contributed by atoms with Gasteiger partial charge in [-0.1, -0.05) is 18.2 Å². The lowest BCUT2D eigenvalue weighted by molar-refractivity contribution is 0.171. The molecular formula is C18H30N2O. The first-order chi connectivity index (χ1) is 10.1. The number of aryl methyl sites for hydroxylation is 1. The minimum absolute atomic E-state index is 0.134. The van der Waals surface area contributed by atoms with Crippen molar-refractivity contribution in [2.75, 3.05) is 25.1 Å². The molecule has 1 heterocycles. The molecule has 21 heavy (non-hydrogen) atoms. The van der Waals surface area contributed by atoms with Crippen LogP contribution in [0.1, 0.15) is 45.1 Å². The highest BCUT2D eigenvalue weighted by molar-refractivity contribution is 5.56. The summed E-state index contributed by atoms with van der Waals surface area (Å²) in [5, 5.41) is 12.7. The average molecular weight is 290 g/mol. The number of fused-ring (bicyclic) bond motifs is 1. The van der Waals surface area contributed by atoms with Crippen molar-refractivity contribution in [3.63, 3.8) is 0 Å². The van der Waals surface area contributed by atoms with E-state index < -0.39 is 0 Å². The molecule has 0 radical (unpaired) electrons. The SMILES string of the molecule is CNC(C)(CO)CCCCN1c2ccccc2CCC1C. The molecule has 1 aromatic carbocycles. The highest BCUT2D eigenvalue weighted by Crippen LogP contribution is 2.30. The van der Waals surface area contributed by atoms with Crippen LogP contribution in [0.25, 0.3) is 0 Å². The lowest BCUT2D eigenvalue weighted by Gasteiger charge is -2.37. The van der Waals surface area contributed by atoms with Crippen molar-refractivity contribution < 1.29 is 5.11 Å². The molecular weight excluding hydrogens is 260 g/mol. The Morgan fingerprint density at radius 3 is 2.81 bits per heavy atom. The van der Waals surface area contributed by atoms with Crippen molar-refractivity contribution in [1.29, 1.82) is 0 Å². The van der Waals surface area contributed by atoms with Gasteiger partial charge in [-0.25, -0.2) is 0 Å². The van der Waals surface area contributed by atoms with Crippen molar-refractivity contribution in [2.45, 2.75) is 57.5 Å². The number of rotatable bonds is 7. The number of unbranched alkanes of at least 4 members (excludes halogenated alkanes) is 1. The number of nitrogens with one attached hydrogen (secondary N) is 1. The predicted molar refractivity (Wildman–Crippen MR) is 90.0 cm³/mol. The summed E-state index contributed by atoms with van der Waals surface area (Å²) < 4.78 is 0. The van der Waals surface area contributed by atoms with Gasteiger partial charge >= 0.3 is 0 Å². The number of para-hydroxylation sites is 1. The van der Waals surface area contributed by atoms with Gasteiger partial charge in [0.05, 0.1) is 6.61 Å². The Labute approximate surface area is 129 Å². The lowest BCUT2D eigenvalue weighted by Crippen LogP contribution is -2.43. The quantitative estimate of drug-likeness (QED) is 0.758. The molecule has 0 bridgehead atoms. The summed E-state index contributed by atoms with van der Waals surface area (Å²) in [6.07, 6.45) is 5.79. The fourth-order valence-electron chi connectivity index (χ4n) is 3.18. The number of nitrogens with zero attached hydrogens (tertiary/aromatic N) is 1. The average Bonchev–Trinajstić information content (AvgIpc) is 2.53. The standard InChI is InChI=1S/C18H30N2O/c1-15-10-11-16-8-4-5-9-17(16)20(15)13-7-6-12-18(2,14-21)19-3/h4-5,8-9,15,19,21H,6-7,10-14H2,1-3H3. The molecule has 0 fully saturated rings. The number of anilines is 1. The molecule has 1 aromatic rings. The van der Waals surface area contributed by atoms with Crippen LogP contribution in [-0.2, 0) is 6.42 Å². The lowest BCUT2D eigenvalue weighted by atomic mass is 9.94. The zero-order valence-electron chi connectivity index (χ0n) is 13.7. The molecule has 0 saturated heterocycles. The van der Waals surface area contributed by atoms with Crippen LogP contribution in [0.15, 0.2) is 24.3 Å². The van der Waals surface area contributed by atoms with Crippen molar-refractivity contribution in [3.05, 3.63) is 29.8 Å². The molecule has 2 unspecified atom stereocenters. The first kappa shape index (κ1) is 16.3. The van der Waals surface area contributed by atoms with E-state index in [4.69, 9.17) is 0 Å². The second-order valence-electron chi connectivity index (χ2n) is 6.64. The summed E-state index contributed by atoms with van der Waals surface area (Å²) in [5.41, 5.74) is 2.78. The molecule has 1 aliphatic heterocycles. The van der Waals surface area contributed by atoms with Gasteiger partial charge in [0.15, 0.2) is 0 Å². The van der Waals surface area contributed by atoms with Gasteiger partial charge < -0.3 is 15.3 Å². The summed E-state index contributed by atoms with van der Waals surface area (Å²) in [6.45, 7) is 5.74. The Kier molecular flexibility index (Phi) is 5.65. The van der Waals surface area contributed by atoms with E-state index in [-0.39, 0.29) is 12.1 Å². The van der Waals surface area contributed by atoms with Crippen LogP contribution in [0.2, 0.25) is 0 Å². The van der Waals surface area contributed by atoms with Crippen molar-refractivity contribution >= 4 is 5.69 Å². The highest BCUT2D eigenvalue weighted by atomic mass is 16.3. The number of aliphatic hydroxyl groups excluding tert-OH is 1. The number of hydrogen-bond donors (Lipinski definition) is 2. The molecule has 3 heteroatoms. The molecule has 3 nitrogen and oxygen atoms in total. The second-order valence-corrected chi connectivity index (χ2v) is 6.64. The number of likely N-dealkylation sites (N-methyl/N-ethyl adjacent to an activating group) is 1. The van der Waals surface area contributed by atoms with E-state index >= 15 is 0 Å². The molecule has 2 rings (SSSR count). The Morgan fingerprint density at radius 2 is 2.10 bits per heavy atom. The van der Waals surface area contributed by atoms with Crippen LogP contribution in [0, 0.1) is 0 Å². The van der Waals surface area contributed by atoms with Crippen LogP contribution in [0.3, 0.4) is 0 Å². The topological polar surface area (TPSA) is 35.5 Å². The highest BCUT2D eigenvalue weighted by Gasteiger charge is 2.23. The van der Waals surface area contributed by atoms with Gasteiger partial charge in [-0.15, -0.1) is 0 Å². The predicted octanol–water partition coefficient (Wildman–Crippen LogP) is 2.97. The molecule has 118 valence electrons. The van der Waals surface area contributed by atoms with E-state index in [1.165, 1.54) is 30.5 Å². The van der Waals surface area contributed by atoms with E-state index in [0.717, 1.165) is 19.4 Å². The smallest absolute Gasteiger partial charge is 0.0610 e. The van der Waals surface area contributed by atoms with Gasteiger partial charge in [0.1, 0.15) is 0 Å².